The van der Waals surface area contributed by atoms with Gasteiger partial charge in [-0.1, -0.05) is 18.2 Å². The van der Waals surface area contributed by atoms with Crippen LogP contribution in [0, 0.1) is 0 Å². The van der Waals surface area contributed by atoms with Crippen molar-refractivity contribution in [3.8, 4) is 0 Å². The van der Waals surface area contributed by atoms with Crippen molar-refractivity contribution in [3.63, 3.8) is 0 Å². The molecule has 1 fully saturated rings. The number of para-hydroxylation sites is 1. The lowest BCUT2D eigenvalue weighted by molar-refractivity contribution is -0.137. The Morgan fingerprint density at radius 2 is 1.69 bits per heavy atom. The van der Waals surface area contributed by atoms with Crippen molar-refractivity contribution in [2.45, 2.75) is 37.9 Å². The molecule has 0 radical (unpaired) electrons. The zero-order valence-corrected chi connectivity index (χ0v) is 15.7. The highest BCUT2D eigenvalue weighted by Crippen LogP contribution is 2.36. The Hall–Kier alpha value is -2.83. The van der Waals surface area contributed by atoms with E-state index in [9.17, 15) is 18.0 Å². The van der Waals surface area contributed by atoms with Gasteiger partial charge in [-0.25, -0.2) is 4.98 Å². The smallest absolute Gasteiger partial charge is 0.342 e. The van der Waals surface area contributed by atoms with Crippen LogP contribution < -0.4 is 4.90 Å². The summed E-state index contributed by atoms with van der Waals surface area (Å²) in [5.74, 6) is 1.30. The summed E-state index contributed by atoms with van der Waals surface area (Å²) in [6.07, 6.45) is -2.09. The normalized spacial score (nSPS) is 17.9. The van der Waals surface area contributed by atoms with Gasteiger partial charge in [0.15, 0.2) is 5.78 Å². The van der Waals surface area contributed by atoms with Crippen LogP contribution in [0.3, 0.4) is 0 Å². The molecule has 7 heteroatoms. The first-order valence-corrected chi connectivity index (χ1v) is 9.86. The van der Waals surface area contributed by atoms with Gasteiger partial charge in [0, 0.05) is 31.6 Å². The van der Waals surface area contributed by atoms with Crippen LogP contribution in [0.15, 0.2) is 42.5 Å². The Balaban J connectivity index is 1.36. The number of hydrogen-bond acceptors (Lipinski definition) is 3. The summed E-state index contributed by atoms with van der Waals surface area (Å²) in [6, 6.07) is 11.2. The molecule has 0 saturated carbocycles. The third-order valence-corrected chi connectivity index (χ3v) is 6.10. The molecule has 0 atom stereocenters. The maximum atomic E-state index is 12.8. The molecule has 0 unspecified atom stereocenters. The van der Waals surface area contributed by atoms with Crippen LogP contribution >= 0.6 is 0 Å². The fourth-order valence-electron chi connectivity index (χ4n) is 4.56. The molecule has 2 aliphatic rings. The molecule has 3 aromatic rings. The van der Waals surface area contributed by atoms with Gasteiger partial charge in [-0.15, -0.1) is 0 Å². The van der Waals surface area contributed by atoms with E-state index in [1.807, 2.05) is 18.2 Å². The number of piperidine rings is 1. The maximum absolute atomic E-state index is 12.8. The Kier molecular flexibility index (Phi) is 4.15. The van der Waals surface area contributed by atoms with Crippen LogP contribution in [-0.4, -0.2) is 28.4 Å². The topological polar surface area (TPSA) is 38.1 Å². The van der Waals surface area contributed by atoms with Crippen molar-refractivity contribution in [2.75, 3.05) is 18.0 Å². The molecular formula is C22H20F3N3O. The van der Waals surface area contributed by atoms with Crippen molar-refractivity contribution in [1.29, 1.82) is 0 Å². The van der Waals surface area contributed by atoms with E-state index in [2.05, 4.69) is 9.47 Å². The molecule has 1 saturated heterocycles. The number of carbonyl (C=O) groups is 1. The minimum atomic E-state index is -4.30. The van der Waals surface area contributed by atoms with E-state index in [0.29, 0.717) is 13.0 Å². The average molecular weight is 399 g/mol. The molecule has 4 nitrogen and oxygen atoms in total. The number of rotatable bonds is 2. The van der Waals surface area contributed by atoms with Gasteiger partial charge in [0.2, 0.25) is 5.95 Å². The second kappa shape index (κ2) is 6.61. The number of benzene rings is 2. The number of aromatic nitrogens is 2. The lowest BCUT2D eigenvalue weighted by atomic mass is 9.89. The first-order chi connectivity index (χ1) is 13.9. The summed E-state index contributed by atoms with van der Waals surface area (Å²) in [6.45, 7) is 2.22. The Labute approximate surface area is 165 Å². The van der Waals surface area contributed by atoms with Crippen LogP contribution in [0.1, 0.15) is 46.7 Å². The molecule has 150 valence electrons. The van der Waals surface area contributed by atoms with Crippen LogP contribution in [0.25, 0.3) is 11.0 Å². The van der Waals surface area contributed by atoms with E-state index in [-0.39, 0.29) is 11.7 Å². The summed E-state index contributed by atoms with van der Waals surface area (Å²) >= 11 is 0. The number of carbonyl (C=O) groups excluding carboxylic acids is 1. The van der Waals surface area contributed by atoms with Crippen molar-refractivity contribution in [2.24, 2.45) is 0 Å². The average Bonchev–Trinajstić information content (AvgIpc) is 3.10. The first kappa shape index (κ1) is 18.2. The zero-order chi connectivity index (χ0) is 20.2. The van der Waals surface area contributed by atoms with Crippen molar-refractivity contribution in [1.82, 2.24) is 9.55 Å². The second-order valence-electron chi connectivity index (χ2n) is 7.79. The van der Waals surface area contributed by atoms with Crippen molar-refractivity contribution >= 4 is 22.8 Å². The van der Waals surface area contributed by atoms with Gasteiger partial charge in [-0.2, -0.15) is 13.2 Å². The molecule has 1 aromatic heterocycles. The SMILES string of the molecule is O=C1CCn2c(N3CCC(c4ccc(C(F)(F)F)cc4)CC3)nc3cccc1c32. The molecule has 29 heavy (non-hydrogen) atoms. The minimum absolute atomic E-state index is 0.163. The van der Waals surface area contributed by atoms with E-state index < -0.39 is 11.7 Å². The Morgan fingerprint density at radius 1 is 0.966 bits per heavy atom. The van der Waals surface area contributed by atoms with E-state index in [4.69, 9.17) is 4.98 Å². The van der Waals surface area contributed by atoms with E-state index in [1.54, 1.807) is 12.1 Å². The van der Waals surface area contributed by atoms with E-state index in [1.165, 1.54) is 12.1 Å². The third-order valence-electron chi connectivity index (χ3n) is 6.10. The largest absolute Gasteiger partial charge is 0.416 e. The fourth-order valence-corrected chi connectivity index (χ4v) is 4.56. The molecule has 0 amide bonds. The van der Waals surface area contributed by atoms with Crippen LogP contribution in [0.2, 0.25) is 0 Å². The van der Waals surface area contributed by atoms with E-state index in [0.717, 1.165) is 54.0 Å². The number of ketones is 1. The highest BCUT2D eigenvalue weighted by atomic mass is 19.4. The molecule has 3 heterocycles. The Bertz CT molecular complexity index is 1080. The monoisotopic (exact) mass is 399 g/mol. The van der Waals surface area contributed by atoms with Crippen molar-refractivity contribution < 1.29 is 18.0 Å². The quantitative estimate of drug-likeness (QED) is 0.607. The van der Waals surface area contributed by atoms with E-state index >= 15 is 0 Å². The zero-order valence-electron chi connectivity index (χ0n) is 15.7. The van der Waals surface area contributed by atoms with Gasteiger partial charge in [0.05, 0.1) is 16.6 Å². The molecule has 0 N–H and O–H groups in total. The molecule has 0 aliphatic carbocycles. The fraction of sp³-hybridized carbons (Fsp3) is 0.364. The number of nitrogens with zero attached hydrogens (tertiary/aromatic N) is 3. The van der Waals surface area contributed by atoms with Crippen LogP contribution in [-0.2, 0) is 12.7 Å². The first-order valence-electron chi connectivity index (χ1n) is 9.86. The summed E-state index contributed by atoms with van der Waals surface area (Å²) in [5, 5.41) is 0. The summed E-state index contributed by atoms with van der Waals surface area (Å²) < 4.78 is 40.5. The number of aryl methyl sites for hydroxylation is 1. The van der Waals surface area contributed by atoms with Crippen LogP contribution in [0.4, 0.5) is 19.1 Å². The minimum Gasteiger partial charge on any atom is -0.342 e. The molecule has 5 rings (SSSR count). The summed E-state index contributed by atoms with van der Waals surface area (Å²) in [7, 11) is 0. The predicted molar refractivity (Wildman–Crippen MR) is 104 cm³/mol. The van der Waals surface area contributed by atoms with Gasteiger partial charge in [0.1, 0.15) is 0 Å². The second-order valence-corrected chi connectivity index (χ2v) is 7.79. The highest BCUT2D eigenvalue weighted by Gasteiger charge is 2.31. The predicted octanol–water partition coefficient (Wildman–Crippen LogP) is 5.03. The number of anilines is 1. The molecule has 2 aliphatic heterocycles. The summed E-state index contributed by atoms with van der Waals surface area (Å²) in [4.78, 5) is 19.2. The Morgan fingerprint density at radius 3 is 2.38 bits per heavy atom. The number of halogens is 3. The van der Waals surface area contributed by atoms with Gasteiger partial charge >= 0.3 is 6.18 Å². The lowest BCUT2D eigenvalue weighted by Crippen LogP contribution is -2.35. The van der Waals surface area contributed by atoms with Gasteiger partial charge < -0.3 is 9.47 Å². The number of alkyl halides is 3. The summed E-state index contributed by atoms with van der Waals surface area (Å²) in [5.41, 5.74) is 2.86. The van der Waals surface area contributed by atoms with Crippen molar-refractivity contribution in [3.05, 3.63) is 59.2 Å². The maximum Gasteiger partial charge on any atom is 0.416 e. The number of Topliss-reactive ketones (excluding diaryl/α,β-unsaturated/α-hetero) is 1. The van der Waals surface area contributed by atoms with Gasteiger partial charge in [-0.3, -0.25) is 4.79 Å². The number of hydrogen-bond donors (Lipinski definition) is 0. The number of imidazole rings is 1. The van der Waals surface area contributed by atoms with Crippen LogP contribution in [0.5, 0.6) is 0 Å². The van der Waals surface area contributed by atoms with Gasteiger partial charge in [0.25, 0.3) is 0 Å². The third kappa shape index (κ3) is 3.09. The molecule has 2 aromatic carbocycles. The van der Waals surface area contributed by atoms with Gasteiger partial charge in [-0.05, 0) is 48.6 Å². The standard InChI is InChI=1S/C22H20F3N3O/c23-22(24,25)16-6-4-14(5-7-16)15-8-11-27(12-9-15)21-26-18-3-1-2-17-19(29)10-13-28(21)20(17)18/h1-7,15H,8-13H2. The lowest BCUT2D eigenvalue weighted by Gasteiger charge is -2.33. The molecule has 0 spiro atoms. The molecule has 0 bridgehead atoms. The highest BCUT2D eigenvalue weighted by molar-refractivity contribution is 6.08. The molecular weight excluding hydrogens is 379 g/mol.